The molecule has 1 unspecified atom stereocenters. The number of likely N-dealkylation sites (N-methyl/N-ethyl adjacent to an activating group) is 1. The van der Waals surface area contributed by atoms with Gasteiger partial charge in [-0.05, 0) is 61.4 Å². The van der Waals surface area contributed by atoms with Crippen molar-refractivity contribution >= 4 is 32.6 Å². The Balaban J connectivity index is 1.86. The number of nitrogens with zero attached hydrogens (tertiary/aromatic N) is 2. The van der Waals surface area contributed by atoms with Crippen LogP contribution in [0.15, 0.2) is 71.6 Å². The van der Waals surface area contributed by atoms with E-state index >= 15 is 0 Å². The predicted molar refractivity (Wildman–Crippen MR) is 140 cm³/mol. The first-order valence-corrected chi connectivity index (χ1v) is 13.1. The Kier molecular flexibility index (Phi) is 8.70. The Morgan fingerprint density at radius 2 is 1.64 bits per heavy atom. The lowest BCUT2D eigenvalue weighted by molar-refractivity contribution is -0.140. The van der Waals surface area contributed by atoms with E-state index in [0.29, 0.717) is 5.75 Å². The zero-order valence-electron chi connectivity index (χ0n) is 21.3. The quantitative estimate of drug-likeness (QED) is 0.450. The number of amides is 2. The Morgan fingerprint density at radius 1 is 0.944 bits per heavy atom. The molecule has 1 atom stereocenters. The topological polar surface area (TPSA) is 96.0 Å². The Morgan fingerprint density at radius 3 is 2.31 bits per heavy atom. The van der Waals surface area contributed by atoms with E-state index < -0.39 is 28.5 Å². The number of fused-ring (bicyclic) bond motifs is 1. The molecule has 0 saturated heterocycles. The summed E-state index contributed by atoms with van der Waals surface area (Å²) >= 11 is 0. The minimum absolute atomic E-state index is 0.0986. The van der Waals surface area contributed by atoms with Gasteiger partial charge in [-0.1, -0.05) is 42.5 Å². The van der Waals surface area contributed by atoms with Crippen LogP contribution in [0, 0.1) is 0 Å². The molecule has 0 saturated carbocycles. The number of carbonyl (C=O) groups excluding carboxylic acids is 2. The third kappa shape index (κ3) is 6.41. The minimum Gasteiger partial charge on any atom is -0.497 e. The minimum atomic E-state index is -3.94. The number of carbonyl (C=O) groups is 2. The van der Waals surface area contributed by atoms with Crippen molar-refractivity contribution in [1.29, 1.82) is 0 Å². The molecule has 0 heterocycles. The summed E-state index contributed by atoms with van der Waals surface area (Å²) in [4.78, 5) is 27.7. The fraction of sp³-hybridized carbons (Fsp3) is 0.333. The van der Waals surface area contributed by atoms with E-state index in [1.165, 1.54) is 18.0 Å². The van der Waals surface area contributed by atoms with Gasteiger partial charge in [0.25, 0.3) is 0 Å². The number of hydrogen-bond donors (Lipinski definition) is 1. The van der Waals surface area contributed by atoms with Gasteiger partial charge in [-0.25, -0.2) is 8.42 Å². The van der Waals surface area contributed by atoms with Gasteiger partial charge in [0.2, 0.25) is 21.8 Å². The van der Waals surface area contributed by atoms with Crippen LogP contribution in [0.25, 0.3) is 10.8 Å². The van der Waals surface area contributed by atoms with Crippen LogP contribution in [0.5, 0.6) is 5.75 Å². The van der Waals surface area contributed by atoms with Crippen LogP contribution in [0.3, 0.4) is 0 Å². The molecule has 0 radical (unpaired) electrons. The van der Waals surface area contributed by atoms with E-state index in [-0.39, 0.29) is 23.4 Å². The smallest absolute Gasteiger partial charge is 0.243 e. The van der Waals surface area contributed by atoms with Gasteiger partial charge >= 0.3 is 0 Å². The zero-order chi connectivity index (χ0) is 26.5. The molecule has 0 aliphatic rings. The summed E-state index contributed by atoms with van der Waals surface area (Å²) in [6.07, 6.45) is 0. The maximum absolute atomic E-state index is 13.4. The second kappa shape index (κ2) is 11.5. The molecule has 0 bridgehead atoms. The first-order valence-electron chi connectivity index (χ1n) is 11.7. The average Bonchev–Trinajstić information content (AvgIpc) is 2.86. The number of ether oxygens (including phenoxy) is 1. The fourth-order valence-electron chi connectivity index (χ4n) is 3.83. The normalized spacial score (nSPS) is 12.5. The van der Waals surface area contributed by atoms with Crippen molar-refractivity contribution in [2.75, 3.05) is 20.7 Å². The van der Waals surface area contributed by atoms with Crippen LogP contribution in [0.1, 0.15) is 26.3 Å². The van der Waals surface area contributed by atoms with Crippen LogP contribution in [-0.4, -0.2) is 62.2 Å². The summed E-state index contributed by atoms with van der Waals surface area (Å²) in [6, 6.07) is 18.6. The summed E-state index contributed by atoms with van der Waals surface area (Å²) in [5, 5.41) is 4.53. The van der Waals surface area contributed by atoms with Gasteiger partial charge in [0.05, 0.1) is 18.6 Å². The van der Waals surface area contributed by atoms with Gasteiger partial charge in [0.1, 0.15) is 11.8 Å². The highest BCUT2D eigenvalue weighted by molar-refractivity contribution is 7.89. The SMILES string of the molecule is COc1cccc(CN(C(=O)CN(C)S(=O)(=O)c2ccc3ccccc3c2)C(C)C(=O)NC(C)C)c1. The van der Waals surface area contributed by atoms with E-state index in [1.54, 1.807) is 44.4 Å². The van der Waals surface area contributed by atoms with E-state index in [9.17, 15) is 18.0 Å². The lowest BCUT2D eigenvalue weighted by Gasteiger charge is -2.31. The summed E-state index contributed by atoms with van der Waals surface area (Å²) < 4.78 is 32.9. The first kappa shape index (κ1) is 27.2. The zero-order valence-corrected chi connectivity index (χ0v) is 22.1. The fourth-order valence-corrected chi connectivity index (χ4v) is 4.99. The molecule has 9 heteroatoms. The van der Waals surface area contributed by atoms with Crippen molar-refractivity contribution in [1.82, 2.24) is 14.5 Å². The number of rotatable bonds is 10. The Labute approximate surface area is 212 Å². The van der Waals surface area contributed by atoms with Gasteiger partial charge in [0, 0.05) is 19.6 Å². The van der Waals surface area contributed by atoms with E-state index in [2.05, 4.69) is 5.32 Å². The van der Waals surface area contributed by atoms with Crippen molar-refractivity contribution in [2.45, 2.75) is 44.3 Å². The van der Waals surface area contributed by atoms with Gasteiger partial charge in [-0.15, -0.1) is 0 Å². The maximum atomic E-state index is 13.4. The summed E-state index contributed by atoms with van der Waals surface area (Å²) in [6.45, 7) is 5.00. The van der Waals surface area contributed by atoms with Crippen LogP contribution in [0.2, 0.25) is 0 Å². The highest BCUT2D eigenvalue weighted by atomic mass is 32.2. The number of benzene rings is 3. The average molecular weight is 512 g/mol. The van der Waals surface area contributed by atoms with Crippen molar-refractivity contribution < 1.29 is 22.7 Å². The number of nitrogens with one attached hydrogen (secondary N) is 1. The van der Waals surface area contributed by atoms with Crippen LogP contribution < -0.4 is 10.1 Å². The summed E-state index contributed by atoms with van der Waals surface area (Å²) in [5.41, 5.74) is 0.756. The number of sulfonamides is 1. The molecule has 0 aromatic heterocycles. The molecule has 36 heavy (non-hydrogen) atoms. The van der Waals surface area contributed by atoms with E-state index in [0.717, 1.165) is 20.6 Å². The van der Waals surface area contributed by atoms with Gasteiger partial charge in [0.15, 0.2) is 0 Å². The molecular formula is C27H33N3O5S. The molecule has 3 aromatic rings. The molecule has 0 spiro atoms. The number of methoxy groups -OCH3 is 1. The molecule has 0 fully saturated rings. The molecule has 1 N–H and O–H groups in total. The van der Waals surface area contributed by atoms with Crippen LogP contribution in [0.4, 0.5) is 0 Å². The van der Waals surface area contributed by atoms with Gasteiger partial charge in [-0.3, -0.25) is 9.59 Å². The number of hydrogen-bond acceptors (Lipinski definition) is 5. The van der Waals surface area contributed by atoms with Crippen LogP contribution >= 0.6 is 0 Å². The monoisotopic (exact) mass is 511 g/mol. The lowest BCUT2D eigenvalue weighted by atomic mass is 10.1. The van der Waals surface area contributed by atoms with Crippen molar-refractivity contribution in [3.05, 3.63) is 72.3 Å². The maximum Gasteiger partial charge on any atom is 0.243 e. The van der Waals surface area contributed by atoms with Gasteiger partial charge in [-0.2, -0.15) is 4.31 Å². The molecule has 0 aliphatic carbocycles. The first-order chi connectivity index (χ1) is 17.0. The molecule has 3 rings (SSSR count). The predicted octanol–water partition coefficient (Wildman–Crippen LogP) is 3.41. The second-order valence-corrected chi connectivity index (χ2v) is 11.0. The summed E-state index contributed by atoms with van der Waals surface area (Å²) in [7, 11) is -1.03. The van der Waals surface area contributed by atoms with Gasteiger partial charge < -0.3 is 15.0 Å². The second-order valence-electron chi connectivity index (χ2n) is 8.98. The van der Waals surface area contributed by atoms with E-state index in [1.807, 2.05) is 44.2 Å². The Hall–Kier alpha value is -3.43. The molecule has 0 aliphatic heterocycles. The third-order valence-corrected chi connectivity index (χ3v) is 7.67. The van der Waals surface area contributed by atoms with Crippen LogP contribution in [-0.2, 0) is 26.2 Å². The van der Waals surface area contributed by atoms with Crippen molar-refractivity contribution in [3.63, 3.8) is 0 Å². The summed E-state index contributed by atoms with van der Waals surface area (Å²) in [5.74, 6) is -0.187. The molecule has 2 amide bonds. The molecule has 3 aromatic carbocycles. The highest BCUT2D eigenvalue weighted by Gasteiger charge is 2.30. The molecule has 192 valence electrons. The molecular weight excluding hydrogens is 478 g/mol. The van der Waals surface area contributed by atoms with Crippen molar-refractivity contribution in [3.8, 4) is 5.75 Å². The van der Waals surface area contributed by atoms with E-state index in [4.69, 9.17) is 4.74 Å². The third-order valence-electron chi connectivity index (χ3n) is 5.87. The Bertz CT molecular complexity index is 1340. The van der Waals surface area contributed by atoms with Crippen molar-refractivity contribution in [2.24, 2.45) is 0 Å². The standard InChI is InChI=1S/C27H33N3O5S/c1-19(2)28-27(32)20(3)30(17-21-9-8-12-24(15-21)35-5)26(31)18-29(4)36(33,34)25-14-13-22-10-6-7-11-23(22)16-25/h6-16,19-20H,17-18H2,1-5H3,(H,28,32). The lowest BCUT2D eigenvalue weighted by Crippen LogP contribution is -2.51. The highest BCUT2D eigenvalue weighted by Crippen LogP contribution is 2.22. The largest absolute Gasteiger partial charge is 0.497 e. The molecule has 8 nitrogen and oxygen atoms in total.